The largest absolute Gasteiger partial charge is 0.489 e. The topological polar surface area (TPSA) is 34.4 Å². The van der Waals surface area contributed by atoms with Crippen LogP contribution < -0.4 is 10.1 Å². The van der Waals surface area contributed by atoms with Gasteiger partial charge >= 0.3 is 0 Å². The van der Waals surface area contributed by atoms with Crippen LogP contribution in [0.1, 0.15) is 37.9 Å². The summed E-state index contributed by atoms with van der Waals surface area (Å²) in [5, 5.41) is 4.12. The summed E-state index contributed by atoms with van der Waals surface area (Å²) in [5.74, 6) is 2.63. The van der Waals surface area contributed by atoms with Crippen LogP contribution in [0, 0.1) is 6.92 Å². The standard InChI is InChI=1S/C17H22ClNO2/c1-12-13(9-16(21-12)10-19-17(2,3)4)11-20-15-7-5-14(18)6-8-15/h5-9,19H,10-11H2,1-4H3. The second-order valence-electron chi connectivity index (χ2n) is 6.14. The Labute approximate surface area is 131 Å². The van der Waals surface area contributed by atoms with Gasteiger partial charge in [-0.05, 0) is 58.0 Å². The molecule has 0 unspecified atom stereocenters. The molecule has 114 valence electrons. The van der Waals surface area contributed by atoms with Gasteiger partial charge in [0.1, 0.15) is 23.9 Å². The molecule has 1 heterocycles. The average Bonchev–Trinajstić information content (AvgIpc) is 2.76. The molecule has 0 radical (unpaired) electrons. The first kappa shape index (κ1) is 15.9. The third-order valence-corrected chi connectivity index (χ3v) is 3.32. The molecule has 0 fully saturated rings. The summed E-state index contributed by atoms with van der Waals surface area (Å²) in [5.41, 5.74) is 1.14. The van der Waals surface area contributed by atoms with Crippen molar-refractivity contribution in [1.29, 1.82) is 0 Å². The van der Waals surface area contributed by atoms with Crippen molar-refractivity contribution in [3.63, 3.8) is 0 Å². The second-order valence-corrected chi connectivity index (χ2v) is 6.58. The smallest absolute Gasteiger partial charge is 0.119 e. The second kappa shape index (κ2) is 6.54. The fourth-order valence-corrected chi connectivity index (χ4v) is 1.99. The summed E-state index contributed by atoms with van der Waals surface area (Å²) in [6.45, 7) is 9.56. The van der Waals surface area contributed by atoms with Gasteiger partial charge in [0.05, 0.1) is 6.54 Å². The van der Waals surface area contributed by atoms with Crippen LogP contribution in [0.2, 0.25) is 5.02 Å². The summed E-state index contributed by atoms with van der Waals surface area (Å²) in [7, 11) is 0. The van der Waals surface area contributed by atoms with Crippen LogP contribution in [-0.2, 0) is 13.2 Å². The molecule has 0 aliphatic rings. The number of halogens is 1. The highest BCUT2D eigenvalue weighted by Crippen LogP contribution is 2.20. The molecule has 0 saturated carbocycles. The monoisotopic (exact) mass is 307 g/mol. The SMILES string of the molecule is Cc1oc(CNC(C)(C)C)cc1COc1ccc(Cl)cc1. The number of hydrogen-bond donors (Lipinski definition) is 1. The van der Waals surface area contributed by atoms with Crippen molar-refractivity contribution in [2.45, 2.75) is 46.4 Å². The zero-order valence-corrected chi connectivity index (χ0v) is 13.8. The van der Waals surface area contributed by atoms with Crippen LogP contribution in [0.15, 0.2) is 34.7 Å². The Hall–Kier alpha value is -1.45. The molecule has 0 amide bonds. The van der Waals surface area contributed by atoms with E-state index in [-0.39, 0.29) is 5.54 Å². The van der Waals surface area contributed by atoms with Crippen molar-refractivity contribution in [1.82, 2.24) is 5.32 Å². The summed E-state index contributed by atoms with van der Waals surface area (Å²) in [4.78, 5) is 0. The number of hydrogen-bond acceptors (Lipinski definition) is 3. The molecule has 0 spiro atoms. The summed E-state index contributed by atoms with van der Waals surface area (Å²) in [6.07, 6.45) is 0. The Morgan fingerprint density at radius 1 is 1.19 bits per heavy atom. The third kappa shape index (κ3) is 5.10. The van der Waals surface area contributed by atoms with E-state index in [1.807, 2.05) is 37.3 Å². The zero-order chi connectivity index (χ0) is 15.5. The van der Waals surface area contributed by atoms with E-state index in [0.717, 1.165) is 22.8 Å². The van der Waals surface area contributed by atoms with Crippen LogP contribution in [0.3, 0.4) is 0 Å². The normalized spacial score (nSPS) is 11.7. The molecule has 0 saturated heterocycles. The van der Waals surface area contributed by atoms with E-state index in [1.165, 1.54) is 0 Å². The molecule has 2 aromatic rings. The summed E-state index contributed by atoms with van der Waals surface area (Å²) in [6, 6.07) is 9.40. The van der Waals surface area contributed by atoms with Gasteiger partial charge in [-0.2, -0.15) is 0 Å². The molecule has 3 nitrogen and oxygen atoms in total. The third-order valence-electron chi connectivity index (χ3n) is 3.07. The van der Waals surface area contributed by atoms with Crippen molar-refractivity contribution < 1.29 is 9.15 Å². The number of rotatable bonds is 5. The lowest BCUT2D eigenvalue weighted by atomic mass is 10.1. The Balaban J connectivity index is 1.94. The minimum atomic E-state index is 0.0701. The highest BCUT2D eigenvalue weighted by Gasteiger charge is 2.12. The summed E-state index contributed by atoms with van der Waals surface area (Å²) >= 11 is 5.85. The van der Waals surface area contributed by atoms with Gasteiger partial charge in [0, 0.05) is 16.1 Å². The number of furan rings is 1. The molecular weight excluding hydrogens is 286 g/mol. The molecule has 0 atom stereocenters. The fraction of sp³-hybridized carbons (Fsp3) is 0.412. The first-order valence-corrected chi connectivity index (χ1v) is 7.43. The van der Waals surface area contributed by atoms with E-state index < -0.39 is 0 Å². The Morgan fingerprint density at radius 2 is 1.86 bits per heavy atom. The molecule has 1 aromatic carbocycles. The Kier molecular flexibility index (Phi) is 4.96. The zero-order valence-electron chi connectivity index (χ0n) is 13.0. The van der Waals surface area contributed by atoms with E-state index in [9.17, 15) is 0 Å². The number of ether oxygens (including phenoxy) is 1. The Bertz CT molecular complexity index is 582. The van der Waals surface area contributed by atoms with E-state index in [2.05, 4.69) is 26.1 Å². The van der Waals surface area contributed by atoms with Crippen molar-refractivity contribution in [3.8, 4) is 5.75 Å². The molecule has 0 aliphatic heterocycles. The van der Waals surface area contributed by atoms with Crippen molar-refractivity contribution in [3.05, 3.63) is 52.4 Å². The molecule has 2 rings (SSSR count). The first-order valence-electron chi connectivity index (χ1n) is 7.05. The van der Waals surface area contributed by atoms with Gasteiger partial charge in [-0.15, -0.1) is 0 Å². The summed E-state index contributed by atoms with van der Waals surface area (Å²) < 4.78 is 11.5. The first-order chi connectivity index (χ1) is 9.83. The van der Waals surface area contributed by atoms with Crippen LogP contribution in [0.4, 0.5) is 0 Å². The minimum absolute atomic E-state index is 0.0701. The lowest BCUT2D eigenvalue weighted by Gasteiger charge is -2.19. The Morgan fingerprint density at radius 3 is 2.48 bits per heavy atom. The maximum Gasteiger partial charge on any atom is 0.119 e. The molecule has 1 N–H and O–H groups in total. The van der Waals surface area contributed by atoms with Crippen molar-refractivity contribution in [2.24, 2.45) is 0 Å². The van der Waals surface area contributed by atoms with Gasteiger partial charge in [0.15, 0.2) is 0 Å². The molecule has 4 heteroatoms. The predicted octanol–water partition coefficient (Wildman–Crippen LogP) is 4.71. The van der Waals surface area contributed by atoms with Gasteiger partial charge in [0.25, 0.3) is 0 Å². The van der Waals surface area contributed by atoms with Crippen LogP contribution in [-0.4, -0.2) is 5.54 Å². The molecule has 0 bridgehead atoms. The van der Waals surface area contributed by atoms with Gasteiger partial charge in [0.2, 0.25) is 0 Å². The highest BCUT2D eigenvalue weighted by atomic mass is 35.5. The van der Waals surface area contributed by atoms with Crippen molar-refractivity contribution in [2.75, 3.05) is 0 Å². The maximum atomic E-state index is 5.85. The van der Waals surface area contributed by atoms with E-state index in [4.69, 9.17) is 20.8 Å². The van der Waals surface area contributed by atoms with E-state index in [1.54, 1.807) is 0 Å². The van der Waals surface area contributed by atoms with Crippen LogP contribution >= 0.6 is 11.6 Å². The maximum absolute atomic E-state index is 5.85. The van der Waals surface area contributed by atoms with Crippen LogP contribution in [0.25, 0.3) is 0 Å². The van der Waals surface area contributed by atoms with Crippen molar-refractivity contribution >= 4 is 11.6 Å². The van der Waals surface area contributed by atoms with Gasteiger partial charge in [-0.3, -0.25) is 0 Å². The predicted molar refractivity (Wildman–Crippen MR) is 85.8 cm³/mol. The fourth-order valence-electron chi connectivity index (χ4n) is 1.86. The molecule has 1 aromatic heterocycles. The van der Waals surface area contributed by atoms with Crippen LogP contribution in [0.5, 0.6) is 5.75 Å². The lowest BCUT2D eigenvalue weighted by molar-refractivity contribution is 0.303. The number of benzene rings is 1. The molecule has 21 heavy (non-hydrogen) atoms. The quantitative estimate of drug-likeness (QED) is 0.868. The van der Waals surface area contributed by atoms with E-state index in [0.29, 0.717) is 18.2 Å². The van der Waals surface area contributed by atoms with Gasteiger partial charge in [-0.1, -0.05) is 11.6 Å². The number of nitrogens with one attached hydrogen (secondary N) is 1. The average molecular weight is 308 g/mol. The highest BCUT2D eigenvalue weighted by molar-refractivity contribution is 6.30. The van der Waals surface area contributed by atoms with E-state index >= 15 is 0 Å². The molecular formula is C17H22ClNO2. The van der Waals surface area contributed by atoms with Gasteiger partial charge in [-0.25, -0.2) is 0 Å². The minimum Gasteiger partial charge on any atom is -0.489 e. The lowest BCUT2D eigenvalue weighted by Crippen LogP contribution is -2.34. The van der Waals surface area contributed by atoms with Gasteiger partial charge < -0.3 is 14.5 Å². The molecule has 0 aliphatic carbocycles. The number of aryl methyl sites for hydroxylation is 1.